The van der Waals surface area contributed by atoms with Gasteiger partial charge < -0.3 is 10.5 Å². The summed E-state index contributed by atoms with van der Waals surface area (Å²) in [6.45, 7) is 3.48. The van der Waals surface area contributed by atoms with Crippen molar-refractivity contribution >= 4 is 5.90 Å². The molecule has 3 heteroatoms. The summed E-state index contributed by atoms with van der Waals surface area (Å²) in [4.78, 5) is 4.29. The van der Waals surface area contributed by atoms with Crippen molar-refractivity contribution in [2.75, 3.05) is 13.2 Å². The highest BCUT2D eigenvalue weighted by Gasteiger charge is 2.10. The largest absolute Gasteiger partial charge is 0.476 e. The third-order valence-corrected chi connectivity index (χ3v) is 2.32. The molecular formula is C12H16N2O. The Bertz CT molecular complexity index is 372. The summed E-state index contributed by atoms with van der Waals surface area (Å²) in [5, 5.41) is 0. The molecule has 1 aliphatic rings. The fraction of sp³-hybridized carbons (Fsp3) is 0.417. The number of hydrogen-bond donors (Lipinski definition) is 1. The molecule has 0 bridgehead atoms. The van der Waals surface area contributed by atoms with Gasteiger partial charge in [-0.3, -0.25) is 0 Å². The first-order valence-electron chi connectivity index (χ1n) is 5.28. The molecule has 1 heterocycles. The van der Waals surface area contributed by atoms with Gasteiger partial charge in [-0.25, -0.2) is 4.99 Å². The van der Waals surface area contributed by atoms with E-state index in [1.807, 2.05) is 19.1 Å². The number of benzene rings is 1. The molecule has 0 spiro atoms. The minimum atomic E-state index is 0.187. The van der Waals surface area contributed by atoms with Gasteiger partial charge in [0, 0.05) is 11.6 Å². The van der Waals surface area contributed by atoms with Crippen molar-refractivity contribution in [3.8, 4) is 0 Å². The predicted molar refractivity (Wildman–Crippen MR) is 61.2 cm³/mol. The molecule has 1 atom stereocenters. The third-order valence-electron chi connectivity index (χ3n) is 2.32. The minimum Gasteiger partial charge on any atom is -0.476 e. The fourth-order valence-electron chi connectivity index (χ4n) is 1.71. The molecule has 15 heavy (non-hydrogen) atoms. The van der Waals surface area contributed by atoms with Gasteiger partial charge in [-0.2, -0.15) is 0 Å². The molecule has 1 aromatic carbocycles. The molecule has 0 fully saturated rings. The van der Waals surface area contributed by atoms with Crippen LogP contribution in [-0.4, -0.2) is 25.1 Å². The Morgan fingerprint density at radius 1 is 1.53 bits per heavy atom. The van der Waals surface area contributed by atoms with E-state index in [0.29, 0.717) is 6.61 Å². The van der Waals surface area contributed by atoms with Crippen LogP contribution in [0.25, 0.3) is 0 Å². The summed E-state index contributed by atoms with van der Waals surface area (Å²) in [6, 6.07) is 8.42. The SMILES string of the molecule is CC(N)Cc1cccc(C2=NCCO2)c1. The molecule has 0 radical (unpaired) electrons. The van der Waals surface area contributed by atoms with E-state index in [1.54, 1.807) is 0 Å². The van der Waals surface area contributed by atoms with Gasteiger partial charge in [-0.15, -0.1) is 0 Å². The number of aliphatic imine (C=N–C) groups is 1. The number of ether oxygens (including phenoxy) is 1. The van der Waals surface area contributed by atoms with E-state index in [-0.39, 0.29) is 6.04 Å². The van der Waals surface area contributed by atoms with Crippen LogP contribution >= 0.6 is 0 Å². The van der Waals surface area contributed by atoms with Crippen LogP contribution in [0, 0.1) is 0 Å². The second kappa shape index (κ2) is 4.45. The standard InChI is InChI=1S/C12H16N2O/c1-9(13)7-10-3-2-4-11(8-10)12-14-5-6-15-12/h2-4,8-9H,5-7,13H2,1H3. The smallest absolute Gasteiger partial charge is 0.216 e. The second-order valence-corrected chi connectivity index (χ2v) is 3.92. The summed E-state index contributed by atoms with van der Waals surface area (Å²) < 4.78 is 5.42. The maximum atomic E-state index is 5.77. The van der Waals surface area contributed by atoms with Crippen LogP contribution in [0.5, 0.6) is 0 Å². The van der Waals surface area contributed by atoms with E-state index in [1.165, 1.54) is 5.56 Å². The molecule has 1 aliphatic heterocycles. The second-order valence-electron chi connectivity index (χ2n) is 3.92. The van der Waals surface area contributed by atoms with Crippen molar-refractivity contribution in [1.29, 1.82) is 0 Å². The molecule has 0 saturated carbocycles. The molecule has 80 valence electrons. The Hall–Kier alpha value is -1.35. The van der Waals surface area contributed by atoms with Gasteiger partial charge in [0.1, 0.15) is 6.61 Å². The number of nitrogens with zero attached hydrogens (tertiary/aromatic N) is 1. The van der Waals surface area contributed by atoms with Crippen molar-refractivity contribution in [3.63, 3.8) is 0 Å². The molecule has 0 amide bonds. The van der Waals surface area contributed by atoms with Crippen molar-refractivity contribution < 1.29 is 4.74 Å². The van der Waals surface area contributed by atoms with Crippen molar-refractivity contribution in [2.45, 2.75) is 19.4 Å². The van der Waals surface area contributed by atoms with Gasteiger partial charge in [0.2, 0.25) is 5.90 Å². The molecule has 1 unspecified atom stereocenters. The normalized spacial score (nSPS) is 17.1. The summed E-state index contributed by atoms with van der Waals surface area (Å²) in [5.74, 6) is 0.765. The Morgan fingerprint density at radius 3 is 3.07 bits per heavy atom. The van der Waals surface area contributed by atoms with E-state index in [2.05, 4.69) is 17.1 Å². The van der Waals surface area contributed by atoms with Crippen LogP contribution in [0.3, 0.4) is 0 Å². The van der Waals surface area contributed by atoms with E-state index in [4.69, 9.17) is 10.5 Å². The lowest BCUT2D eigenvalue weighted by molar-refractivity contribution is 0.348. The molecule has 0 saturated heterocycles. The molecular weight excluding hydrogens is 188 g/mol. The van der Waals surface area contributed by atoms with E-state index in [9.17, 15) is 0 Å². The van der Waals surface area contributed by atoms with Gasteiger partial charge in [-0.05, 0) is 31.0 Å². The van der Waals surface area contributed by atoms with Gasteiger partial charge in [0.25, 0.3) is 0 Å². The van der Waals surface area contributed by atoms with Gasteiger partial charge in [-0.1, -0.05) is 12.1 Å². The lowest BCUT2D eigenvalue weighted by atomic mass is 10.0. The summed E-state index contributed by atoms with van der Waals surface area (Å²) in [5.41, 5.74) is 8.06. The lowest BCUT2D eigenvalue weighted by Gasteiger charge is -2.07. The average Bonchev–Trinajstić information content (AvgIpc) is 2.69. The zero-order valence-corrected chi connectivity index (χ0v) is 8.94. The molecule has 0 aliphatic carbocycles. The summed E-state index contributed by atoms with van der Waals surface area (Å²) >= 11 is 0. The van der Waals surface area contributed by atoms with Crippen LogP contribution in [-0.2, 0) is 11.2 Å². The number of hydrogen-bond acceptors (Lipinski definition) is 3. The summed E-state index contributed by atoms with van der Waals surface area (Å²) in [6.07, 6.45) is 0.890. The highest BCUT2D eigenvalue weighted by atomic mass is 16.5. The zero-order valence-electron chi connectivity index (χ0n) is 8.94. The molecule has 2 N–H and O–H groups in total. The molecule has 1 aromatic rings. The van der Waals surface area contributed by atoms with Gasteiger partial charge in [0.05, 0.1) is 6.54 Å². The Morgan fingerprint density at radius 2 is 2.40 bits per heavy atom. The van der Waals surface area contributed by atoms with Crippen LogP contribution < -0.4 is 5.73 Å². The lowest BCUT2D eigenvalue weighted by Crippen LogP contribution is -2.18. The first kappa shape index (κ1) is 10.2. The van der Waals surface area contributed by atoms with Crippen LogP contribution in [0.2, 0.25) is 0 Å². The first-order chi connectivity index (χ1) is 7.25. The number of nitrogens with two attached hydrogens (primary N) is 1. The van der Waals surface area contributed by atoms with Crippen molar-refractivity contribution in [3.05, 3.63) is 35.4 Å². The third kappa shape index (κ3) is 2.57. The highest BCUT2D eigenvalue weighted by molar-refractivity contribution is 5.95. The quantitative estimate of drug-likeness (QED) is 0.808. The number of rotatable bonds is 3. The predicted octanol–water partition coefficient (Wildman–Crippen LogP) is 1.35. The molecule has 2 rings (SSSR count). The fourth-order valence-corrected chi connectivity index (χ4v) is 1.71. The van der Waals surface area contributed by atoms with Crippen LogP contribution in [0.1, 0.15) is 18.1 Å². The molecule has 3 nitrogen and oxygen atoms in total. The maximum absolute atomic E-state index is 5.77. The Balaban J connectivity index is 2.18. The molecule has 0 aromatic heterocycles. The monoisotopic (exact) mass is 204 g/mol. The topological polar surface area (TPSA) is 47.6 Å². The Labute approximate surface area is 90.0 Å². The van der Waals surface area contributed by atoms with Crippen LogP contribution in [0.4, 0.5) is 0 Å². The van der Waals surface area contributed by atoms with Crippen LogP contribution in [0.15, 0.2) is 29.3 Å². The Kier molecular flexibility index (Phi) is 3.02. The zero-order chi connectivity index (χ0) is 10.7. The van der Waals surface area contributed by atoms with Crippen molar-refractivity contribution in [1.82, 2.24) is 0 Å². The van der Waals surface area contributed by atoms with Crippen molar-refractivity contribution in [2.24, 2.45) is 10.7 Å². The van der Waals surface area contributed by atoms with E-state index < -0.39 is 0 Å². The van der Waals surface area contributed by atoms with E-state index >= 15 is 0 Å². The summed E-state index contributed by atoms with van der Waals surface area (Å²) in [7, 11) is 0. The van der Waals surface area contributed by atoms with E-state index in [0.717, 1.165) is 24.4 Å². The average molecular weight is 204 g/mol. The minimum absolute atomic E-state index is 0.187. The maximum Gasteiger partial charge on any atom is 0.216 e. The highest BCUT2D eigenvalue weighted by Crippen LogP contribution is 2.11. The van der Waals surface area contributed by atoms with Gasteiger partial charge in [0.15, 0.2) is 0 Å². The van der Waals surface area contributed by atoms with Gasteiger partial charge >= 0.3 is 0 Å². The first-order valence-corrected chi connectivity index (χ1v) is 5.28.